The van der Waals surface area contributed by atoms with Crippen LogP contribution in [0.3, 0.4) is 0 Å². The molecular formula is C15H20FNOS. The molecule has 0 aliphatic carbocycles. The summed E-state index contributed by atoms with van der Waals surface area (Å²) in [5, 5.41) is 0.660. The number of carbonyl (C=O) groups excluding carboxylic acids is 1. The molecule has 1 atom stereocenters. The highest BCUT2D eigenvalue weighted by Crippen LogP contribution is 2.20. The first-order chi connectivity index (χ1) is 9.17. The SMILES string of the molecule is CCC1CN(CC(=O)Cc2ccc(F)cc2)CCS1. The number of Topliss-reactive ketones (excluding diaryl/α,β-unsaturated/α-hetero) is 1. The normalized spacial score (nSPS) is 20.4. The molecule has 2 nitrogen and oxygen atoms in total. The minimum absolute atomic E-state index is 0.216. The van der Waals surface area contributed by atoms with Crippen molar-refractivity contribution in [2.45, 2.75) is 25.0 Å². The highest BCUT2D eigenvalue weighted by atomic mass is 32.2. The predicted molar refractivity (Wildman–Crippen MR) is 78.1 cm³/mol. The van der Waals surface area contributed by atoms with E-state index in [2.05, 4.69) is 11.8 Å². The van der Waals surface area contributed by atoms with Crippen molar-refractivity contribution >= 4 is 17.5 Å². The Morgan fingerprint density at radius 2 is 2.16 bits per heavy atom. The molecule has 1 heterocycles. The van der Waals surface area contributed by atoms with Gasteiger partial charge in [-0.3, -0.25) is 9.69 Å². The molecule has 104 valence electrons. The molecule has 0 bridgehead atoms. The van der Waals surface area contributed by atoms with E-state index in [0.717, 1.165) is 30.8 Å². The Balaban J connectivity index is 1.82. The second-order valence-electron chi connectivity index (χ2n) is 4.98. The summed E-state index contributed by atoms with van der Waals surface area (Å²) in [6, 6.07) is 6.20. The van der Waals surface area contributed by atoms with Gasteiger partial charge in [0.2, 0.25) is 0 Å². The van der Waals surface area contributed by atoms with Crippen LogP contribution >= 0.6 is 11.8 Å². The second-order valence-corrected chi connectivity index (χ2v) is 6.39. The minimum Gasteiger partial charge on any atom is -0.298 e. The number of benzene rings is 1. The van der Waals surface area contributed by atoms with Gasteiger partial charge in [-0.05, 0) is 24.1 Å². The molecule has 1 saturated heterocycles. The number of nitrogens with zero attached hydrogens (tertiary/aromatic N) is 1. The smallest absolute Gasteiger partial charge is 0.151 e. The Morgan fingerprint density at radius 3 is 2.84 bits per heavy atom. The lowest BCUT2D eigenvalue weighted by Gasteiger charge is -2.31. The highest BCUT2D eigenvalue weighted by Gasteiger charge is 2.20. The van der Waals surface area contributed by atoms with E-state index in [1.54, 1.807) is 12.1 Å². The molecule has 19 heavy (non-hydrogen) atoms. The summed E-state index contributed by atoms with van der Waals surface area (Å²) in [7, 11) is 0. The second kappa shape index (κ2) is 7.06. The highest BCUT2D eigenvalue weighted by molar-refractivity contribution is 8.00. The fraction of sp³-hybridized carbons (Fsp3) is 0.533. The van der Waals surface area contributed by atoms with Gasteiger partial charge in [-0.25, -0.2) is 4.39 Å². The summed E-state index contributed by atoms with van der Waals surface area (Å²) in [6.45, 7) is 4.72. The van der Waals surface area contributed by atoms with Gasteiger partial charge < -0.3 is 0 Å². The summed E-state index contributed by atoms with van der Waals surface area (Å²) in [5.74, 6) is 1.07. The molecule has 1 aromatic carbocycles. The molecule has 1 aromatic rings. The zero-order valence-electron chi connectivity index (χ0n) is 11.3. The van der Waals surface area contributed by atoms with E-state index in [4.69, 9.17) is 0 Å². The quantitative estimate of drug-likeness (QED) is 0.828. The third-order valence-electron chi connectivity index (χ3n) is 3.39. The molecule has 1 aliphatic rings. The minimum atomic E-state index is -0.255. The van der Waals surface area contributed by atoms with E-state index in [1.165, 1.54) is 12.1 Å². The van der Waals surface area contributed by atoms with Crippen LogP contribution < -0.4 is 0 Å². The zero-order valence-corrected chi connectivity index (χ0v) is 12.1. The first-order valence-corrected chi connectivity index (χ1v) is 7.82. The number of ketones is 1. The van der Waals surface area contributed by atoms with E-state index in [9.17, 15) is 9.18 Å². The average molecular weight is 281 g/mol. The number of rotatable bonds is 5. The third kappa shape index (κ3) is 4.62. The Bertz CT molecular complexity index is 421. The summed E-state index contributed by atoms with van der Waals surface area (Å²) < 4.78 is 12.8. The van der Waals surface area contributed by atoms with Gasteiger partial charge in [0.1, 0.15) is 5.82 Å². The topological polar surface area (TPSA) is 20.3 Å². The summed E-state index contributed by atoms with van der Waals surface area (Å²) >= 11 is 2.00. The number of halogens is 1. The van der Waals surface area contributed by atoms with E-state index in [-0.39, 0.29) is 11.6 Å². The van der Waals surface area contributed by atoms with Crippen molar-refractivity contribution in [2.24, 2.45) is 0 Å². The van der Waals surface area contributed by atoms with Gasteiger partial charge in [0, 0.05) is 30.5 Å². The molecule has 2 rings (SSSR count). The molecule has 4 heteroatoms. The monoisotopic (exact) mass is 281 g/mol. The van der Waals surface area contributed by atoms with Gasteiger partial charge >= 0.3 is 0 Å². The largest absolute Gasteiger partial charge is 0.298 e. The van der Waals surface area contributed by atoms with Crippen LogP contribution in [0.4, 0.5) is 4.39 Å². The molecule has 0 N–H and O–H groups in total. The van der Waals surface area contributed by atoms with Gasteiger partial charge in [0.25, 0.3) is 0 Å². The molecule has 0 spiro atoms. The first kappa shape index (κ1) is 14.5. The van der Waals surface area contributed by atoms with Gasteiger partial charge in [-0.2, -0.15) is 11.8 Å². The van der Waals surface area contributed by atoms with Crippen molar-refractivity contribution in [1.29, 1.82) is 0 Å². The van der Waals surface area contributed by atoms with Crippen LogP contribution in [0.25, 0.3) is 0 Å². The van der Waals surface area contributed by atoms with Crippen molar-refractivity contribution in [1.82, 2.24) is 4.90 Å². The van der Waals surface area contributed by atoms with Crippen molar-refractivity contribution < 1.29 is 9.18 Å². The maximum absolute atomic E-state index is 12.8. The van der Waals surface area contributed by atoms with Crippen LogP contribution in [0, 0.1) is 5.82 Å². The summed E-state index contributed by atoms with van der Waals surface area (Å²) in [5.41, 5.74) is 0.893. The molecule has 1 unspecified atom stereocenters. The van der Waals surface area contributed by atoms with Gasteiger partial charge in [0.15, 0.2) is 5.78 Å². The van der Waals surface area contributed by atoms with Crippen LogP contribution in [-0.2, 0) is 11.2 Å². The Hall–Kier alpha value is -0.870. The van der Waals surface area contributed by atoms with Crippen molar-refractivity contribution in [3.05, 3.63) is 35.6 Å². The lowest BCUT2D eigenvalue weighted by Crippen LogP contribution is -2.41. The zero-order chi connectivity index (χ0) is 13.7. The van der Waals surface area contributed by atoms with E-state index in [1.807, 2.05) is 11.8 Å². The molecule has 0 amide bonds. The van der Waals surface area contributed by atoms with Crippen molar-refractivity contribution in [2.75, 3.05) is 25.4 Å². The van der Waals surface area contributed by atoms with Crippen LogP contribution in [0.15, 0.2) is 24.3 Å². The Morgan fingerprint density at radius 1 is 1.42 bits per heavy atom. The predicted octanol–water partition coefficient (Wildman–Crippen LogP) is 2.76. The van der Waals surface area contributed by atoms with Gasteiger partial charge in [-0.1, -0.05) is 19.1 Å². The standard InChI is InChI=1S/C15H20FNOS/c1-2-15-11-17(7-8-19-15)10-14(18)9-12-3-5-13(16)6-4-12/h3-6,15H,2,7-11H2,1H3. The average Bonchev–Trinajstić information content (AvgIpc) is 2.41. The number of carbonyl (C=O) groups is 1. The maximum Gasteiger partial charge on any atom is 0.151 e. The fourth-order valence-corrected chi connectivity index (χ4v) is 3.56. The number of hydrogen-bond acceptors (Lipinski definition) is 3. The van der Waals surface area contributed by atoms with Crippen molar-refractivity contribution in [3.8, 4) is 0 Å². The lowest BCUT2D eigenvalue weighted by atomic mass is 10.1. The van der Waals surface area contributed by atoms with E-state index >= 15 is 0 Å². The molecule has 0 radical (unpaired) electrons. The van der Waals surface area contributed by atoms with Gasteiger partial charge in [0.05, 0.1) is 6.54 Å². The lowest BCUT2D eigenvalue weighted by molar-refractivity contribution is -0.119. The Labute approximate surface area is 118 Å². The van der Waals surface area contributed by atoms with Gasteiger partial charge in [-0.15, -0.1) is 0 Å². The molecule has 0 saturated carbocycles. The van der Waals surface area contributed by atoms with E-state index in [0.29, 0.717) is 18.2 Å². The first-order valence-electron chi connectivity index (χ1n) is 6.77. The number of hydrogen-bond donors (Lipinski definition) is 0. The van der Waals surface area contributed by atoms with Crippen LogP contribution in [0.1, 0.15) is 18.9 Å². The third-order valence-corrected chi connectivity index (χ3v) is 4.76. The van der Waals surface area contributed by atoms with Crippen molar-refractivity contribution in [3.63, 3.8) is 0 Å². The molecule has 1 aliphatic heterocycles. The fourth-order valence-electron chi connectivity index (χ4n) is 2.31. The molecule has 0 aromatic heterocycles. The van der Waals surface area contributed by atoms with Crippen LogP contribution in [0.5, 0.6) is 0 Å². The van der Waals surface area contributed by atoms with Crippen LogP contribution in [-0.4, -0.2) is 41.3 Å². The number of thioether (sulfide) groups is 1. The maximum atomic E-state index is 12.8. The molecule has 1 fully saturated rings. The summed E-state index contributed by atoms with van der Waals surface area (Å²) in [6.07, 6.45) is 1.56. The summed E-state index contributed by atoms with van der Waals surface area (Å²) in [4.78, 5) is 14.3. The van der Waals surface area contributed by atoms with E-state index < -0.39 is 0 Å². The van der Waals surface area contributed by atoms with Crippen LogP contribution in [0.2, 0.25) is 0 Å². The molecular weight excluding hydrogens is 261 g/mol. The Kier molecular flexibility index (Phi) is 5.40.